The third-order valence-corrected chi connectivity index (χ3v) is 2.51. The van der Waals surface area contributed by atoms with E-state index in [2.05, 4.69) is 5.32 Å². The summed E-state index contributed by atoms with van der Waals surface area (Å²) in [6, 6.07) is 7.18. The summed E-state index contributed by atoms with van der Waals surface area (Å²) < 4.78 is 0. The van der Waals surface area contributed by atoms with Crippen molar-refractivity contribution in [2.24, 2.45) is 5.73 Å². The second kappa shape index (κ2) is 6.71. The van der Waals surface area contributed by atoms with Crippen LogP contribution < -0.4 is 11.1 Å². The van der Waals surface area contributed by atoms with Gasteiger partial charge in [0, 0.05) is 10.6 Å². The Hall–Kier alpha value is -0.710. The van der Waals surface area contributed by atoms with E-state index in [1.807, 2.05) is 30.5 Å². The summed E-state index contributed by atoms with van der Waals surface area (Å²) in [7, 11) is 0. The highest BCUT2D eigenvalue weighted by Gasteiger charge is 2.06. The van der Waals surface area contributed by atoms with Crippen molar-refractivity contribution in [1.29, 1.82) is 0 Å². The summed E-state index contributed by atoms with van der Waals surface area (Å²) in [6.45, 7) is 1.66. The van der Waals surface area contributed by atoms with E-state index in [1.54, 1.807) is 18.7 Å². The molecule has 0 bridgehead atoms. The van der Waals surface area contributed by atoms with E-state index in [1.165, 1.54) is 4.90 Å². The lowest BCUT2D eigenvalue weighted by Crippen LogP contribution is -2.32. The van der Waals surface area contributed by atoms with Crippen LogP contribution in [0.2, 0.25) is 0 Å². The maximum Gasteiger partial charge on any atom is 0.240 e. The summed E-state index contributed by atoms with van der Waals surface area (Å²) >= 11 is 1.67. The van der Waals surface area contributed by atoms with Crippen LogP contribution in [0.1, 0.15) is 6.92 Å². The van der Waals surface area contributed by atoms with Crippen molar-refractivity contribution < 1.29 is 4.79 Å². The largest absolute Gasteiger partial charge is 0.325 e. The number of halogens is 1. The standard InChI is InChI=1S/C10H14N2OS.ClH/c1-7(11)10(13)12-8-3-5-9(14-2)6-4-8;/h3-7H,11H2,1-2H3,(H,12,13);1H/t7-;/m1./s1. The van der Waals surface area contributed by atoms with Crippen molar-refractivity contribution in [1.82, 2.24) is 0 Å². The smallest absolute Gasteiger partial charge is 0.240 e. The molecular formula is C10H15ClN2OS. The van der Waals surface area contributed by atoms with Crippen molar-refractivity contribution >= 4 is 35.8 Å². The molecule has 0 fully saturated rings. The van der Waals surface area contributed by atoms with E-state index in [4.69, 9.17) is 5.73 Å². The van der Waals surface area contributed by atoms with Crippen LogP contribution in [-0.4, -0.2) is 18.2 Å². The van der Waals surface area contributed by atoms with Gasteiger partial charge in [0.1, 0.15) is 0 Å². The second-order valence-corrected chi connectivity index (χ2v) is 3.89. The number of nitrogens with two attached hydrogens (primary N) is 1. The Labute approximate surface area is 100 Å². The molecule has 1 aromatic rings. The molecule has 3 N–H and O–H groups in total. The van der Waals surface area contributed by atoms with Gasteiger partial charge in [-0.15, -0.1) is 24.2 Å². The predicted octanol–water partition coefficient (Wildman–Crippen LogP) is 2.12. The molecule has 5 heteroatoms. The number of hydrogen-bond acceptors (Lipinski definition) is 3. The molecule has 0 unspecified atom stereocenters. The number of rotatable bonds is 3. The maximum atomic E-state index is 11.2. The van der Waals surface area contributed by atoms with Gasteiger partial charge in [-0.05, 0) is 37.4 Å². The van der Waals surface area contributed by atoms with Crippen molar-refractivity contribution in [3.63, 3.8) is 0 Å². The lowest BCUT2D eigenvalue weighted by molar-refractivity contribution is -0.117. The first-order chi connectivity index (χ1) is 6.63. The Bertz CT molecular complexity index is 314. The fourth-order valence-electron chi connectivity index (χ4n) is 0.930. The molecule has 0 saturated carbocycles. The molecule has 1 rings (SSSR count). The van der Waals surface area contributed by atoms with E-state index in [0.29, 0.717) is 0 Å². The molecule has 0 heterocycles. The van der Waals surface area contributed by atoms with Gasteiger partial charge in [-0.25, -0.2) is 0 Å². The van der Waals surface area contributed by atoms with Crippen LogP contribution in [0.25, 0.3) is 0 Å². The minimum Gasteiger partial charge on any atom is -0.325 e. The van der Waals surface area contributed by atoms with Gasteiger partial charge in [0.2, 0.25) is 5.91 Å². The molecule has 0 aliphatic rings. The van der Waals surface area contributed by atoms with E-state index < -0.39 is 6.04 Å². The minimum atomic E-state index is -0.477. The zero-order valence-corrected chi connectivity index (χ0v) is 10.3. The number of hydrogen-bond donors (Lipinski definition) is 2. The van der Waals surface area contributed by atoms with Gasteiger partial charge in [0.15, 0.2) is 0 Å². The molecule has 0 radical (unpaired) electrons. The van der Waals surface area contributed by atoms with Crippen LogP contribution in [0.4, 0.5) is 5.69 Å². The molecule has 0 saturated heterocycles. The summed E-state index contributed by atoms with van der Waals surface area (Å²) in [4.78, 5) is 12.4. The quantitative estimate of drug-likeness (QED) is 0.804. The van der Waals surface area contributed by atoms with Gasteiger partial charge in [0.05, 0.1) is 6.04 Å². The first kappa shape index (κ1) is 14.3. The molecule has 0 aromatic heterocycles. The van der Waals surface area contributed by atoms with Crippen LogP contribution >= 0.6 is 24.2 Å². The Morgan fingerprint density at radius 3 is 2.33 bits per heavy atom. The average Bonchev–Trinajstić information content (AvgIpc) is 2.19. The Morgan fingerprint density at radius 1 is 1.40 bits per heavy atom. The molecule has 1 aromatic carbocycles. The Morgan fingerprint density at radius 2 is 1.93 bits per heavy atom. The second-order valence-electron chi connectivity index (χ2n) is 3.01. The van der Waals surface area contributed by atoms with E-state index in [-0.39, 0.29) is 18.3 Å². The zero-order valence-electron chi connectivity index (χ0n) is 8.69. The highest BCUT2D eigenvalue weighted by Crippen LogP contribution is 2.17. The number of amides is 1. The van der Waals surface area contributed by atoms with E-state index >= 15 is 0 Å². The van der Waals surface area contributed by atoms with E-state index in [9.17, 15) is 4.79 Å². The van der Waals surface area contributed by atoms with Gasteiger partial charge < -0.3 is 11.1 Å². The summed E-state index contributed by atoms with van der Waals surface area (Å²) in [5.74, 6) is -0.165. The van der Waals surface area contributed by atoms with Gasteiger partial charge in [-0.2, -0.15) is 0 Å². The molecule has 0 aliphatic carbocycles. The van der Waals surface area contributed by atoms with Crippen molar-refractivity contribution in [2.75, 3.05) is 11.6 Å². The average molecular weight is 247 g/mol. The minimum absolute atomic E-state index is 0. The van der Waals surface area contributed by atoms with Gasteiger partial charge in [-0.3, -0.25) is 4.79 Å². The molecule has 3 nitrogen and oxygen atoms in total. The fraction of sp³-hybridized carbons (Fsp3) is 0.300. The lowest BCUT2D eigenvalue weighted by atomic mass is 10.3. The Balaban J connectivity index is 0.00000196. The SMILES string of the molecule is CSc1ccc(NC(=O)[C@@H](C)N)cc1.Cl. The van der Waals surface area contributed by atoms with Crippen molar-refractivity contribution in [2.45, 2.75) is 17.9 Å². The number of benzene rings is 1. The van der Waals surface area contributed by atoms with Crippen molar-refractivity contribution in [3.05, 3.63) is 24.3 Å². The van der Waals surface area contributed by atoms with Crippen molar-refractivity contribution in [3.8, 4) is 0 Å². The van der Waals surface area contributed by atoms with Gasteiger partial charge in [0.25, 0.3) is 0 Å². The van der Waals surface area contributed by atoms with Crippen LogP contribution in [0.15, 0.2) is 29.2 Å². The Kier molecular flexibility index (Phi) is 6.40. The molecule has 1 amide bonds. The third kappa shape index (κ3) is 4.55. The maximum absolute atomic E-state index is 11.2. The highest BCUT2D eigenvalue weighted by molar-refractivity contribution is 7.98. The fourth-order valence-corrected chi connectivity index (χ4v) is 1.34. The topological polar surface area (TPSA) is 55.1 Å². The molecule has 0 aliphatic heterocycles. The van der Waals surface area contributed by atoms with Gasteiger partial charge >= 0.3 is 0 Å². The summed E-state index contributed by atoms with van der Waals surface area (Å²) in [6.07, 6.45) is 2.01. The number of anilines is 1. The van der Waals surface area contributed by atoms with Crippen LogP contribution in [0, 0.1) is 0 Å². The van der Waals surface area contributed by atoms with Crippen LogP contribution in [0.3, 0.4) is 0 Å². The lowest BCUT2D eigenvalue weighted by Gasteiger charge is -2.07. The zero-order chi connectivity index (χ0) is 10.6. The molecule has 1 atom stereocenters. The van der Waals surface area contributed by atoms with Crippen LogP contribution in [-0.2, 0) is 4.79 Å². The molecule has 15 heavy (non-hydrogen) atoms. The highest BCUT2D eigenvalue weighted by atomic mass is 35.5. The molecule has 84 valence electrons. The summed E-state index contributed by atoms with van der Waals surface area (Å²) in [5.41, 5.74) is 6.21. The first-order valence-corrected chi connectivity index (χ1v) is 5.56. The predicted molar refractivity (Wildman–Crippen MR) is 67.8 cm³/mol. The normalized spacial score (nSPS) is 11.4. The van der Waals surface area contributed by atoms with Crippen LogP contribution in [0.5, 0.6) is 0 Å². The first-order valence-electron chi connectivity index (χ1n) is 4.34. The summed E-state index contributed by atoms with van der Waals surface area (Å²) in [5, 5.41) is 2.72. The number of nitrogens with one attached hydrogen (secondary N) is 1. The molecular weight excluding hydrogens is 232 g/mol. The van der Waals surface area contributed by atoms with Gasteiger partial charge in [-0.1, -0.05) is 0 Å². The number of thioether (sulfide) groups is 1. The third-order valence-electron chi connectivity index (χ3n) is 1.77. The molecule has 0 spiro atoms. The monoisotopic (exact) mass is 246 g/mol. The van der Waals surface area contributed by atoms with E-state index in [0.717, 1.165) is 5.69 Å². The number of carbonyl (C=O) groups excluding carboxylic acids is 1. The number of carbonyl (C=O) groups is 1.